The minimum atomic E-state index is -0.782. The molecule has 0 aliphatic heterocycles. The fourth-order valence-corrected chi connectivity index (χ4v) is 2.96. The molecule has 3 heteroatoms. The zero-order valence-corrected chi connectivity index (χ0v) is 10.6. The Kier molecular flexibility index (Phi) is 3.91. The molecular weight excluding hydrogens is 208 g/mol. The predicted octanol–water partition coefficient (Wildman–Crippen LogP) is 3.52. The van der Waals surface area contributed by atoms with Gasteiger partial charge in [0.1, 0.15) is 4.88 Å². The molecule has 1 aromatic rings. The Hall–Kier alpha value is -0.830. The Bertz CT molecular complexity index is 364. The number of carboxylic acids is 1. The van der Waals surface area contributed by atoms with Gasteiger partial charge in [0.15, 0.2) is 0 Å². The van der Waals surface area contributed by atoms with Gasteiger partial charge in [-0.25, -0.2) is 4.79 Å². The molecule has 0 aromatic carbocycles. The summed E-state index contributed by atoms with van der Waals surface area (Å²) in [7, 11) is 0. The summed E-state index contributed by atoms with van der Waals surface area (Å²) in [5.74, 6) is -0.208. The Morgan fingerprint density at radius 3 is 2.40 bits per heavy atom. The fraction of sp³-hybridized carbons (Fsp3) is 0.583. The topological polar surface area (TPSA) is 37.3 Å². The Labute approximate surface area is 94.9 Å². The number of carboxylic acid groups (broad SMARTS) is 1. The van der Waals surface area contributed by atoms with Gasteiger partial charge in [-0.1, -0.05) is 20.8 Å². The first-order valence-corrected chi connectivity index (χ1v) is 6.13. The summed E-state index contributed by atoms with van der Waals surface area (Å²) in [5, 5.41) is 9.08. The number of hydrogen-bond acceptors (Lipinski definition) is 2. The van der Waals surface area contributed by atoms with Crippen molar-refractivity contribution in [1.29, 1.82) is 0 Å². The quantitative estimate of drug-likeness (QED) is 0.853. The zero-order valence-electron chi connectivity index (χ0n) is 9.76. The third-order valence-corrected chi connectivity index (χ3v) is 3.66. The molecule has 0 amide bonds. The van der Waals surface area contributed by atoms with Gasteiger partial charge in [-0.3, -0.25) is 0 Å². The van der Waals surface area contributed by atoms with Gasteiger partial charge in [0.05, 0.1) is 0 Å². The average molecular weight is 226 g/mol. The van der Waals surface area contributed by atoms with E-state index in [-0.39, 0.29) is 0 Å². The Morgan fingerprint density at radius 1 is 1.40 bits per heavy atom. The fourth-order valence-electron chi connectivity index (χ4n) is 1.85. The highest BCUT2D eigenvalue weighted by Gasteiger charge is 2.19. The van der Waals surface area contributed by atoms with Crippen LogP contribution in [-0.2, 0) is 12.8 Å². The predicted molar refractivity (Wildman–Crippen MR) is 63.9 cm³/mol. The highest BCUT2D eigenvalue weighted by Crippen LogP contribution is 2.30. The molecule has 0 saturated heterocycles. The minimum Gasteiger partial charge on any atom is -0.477 e. The van der Waals surface area contributed by atoms with Crippen LogP contribution >= 0.6 is 11.3 Å². The van der Waals surface area contributed by atoms with E-state index in [0.29, 0.717) is 10.8 Å². The summed E-state index contributed by atoms with van der Waals surface area (Å²) >= 11 is 1.42. The van der Waals surface area contributed by atoms with Gasteiger partial charge >= 0.3 is 5.97 Å². The molecule has 1 rings (SSSR count). The van der Waals surface area contributed by atoms with Gasteiger partial charge in [0.2, 0.25) is 0 Å². The summed E-state index contributed by atoms with van der Waals surface area (Å²) in [6.45, 7) is 8.37. The van der Waals surface area contributed by atoms with Crippen molar-refractivity contribution in [3.63, 3.8) is 0 Å². The summed E-state index contributed by atoms with van der Waals surface area (Å²) in [5.41, 5.74) is 2.30. The lowest BCUT2D eigenvalue weighted by molar-refractivity contribution is 0.0701. The van der Waals surface area contributed by atoms with E-state index in [2.05, 4.69) is 13.8 Å². The number of aromatic carboxylic acids is 1. The second-order valence-electron chi connectivity index (χ2n) is 4.20. The lowest BCUT2D eigenvalue weighted by Crippen LogP contribution is -2.02. The molecule has 15 heavy (non-hydrogen) atoms. The van der Waals surface area contributed by atoms with Crippen molar-refractivity contribution in [3.8, 4) is 0 Å². The molecule has 0 unspecified atom stereocenters. The van der Waals surface area contributed by atoms with Crippen molar-refractivity contribution in [3.05, 3.63) is 20.9 Å². The normalized spacial score (nSPS) is 11.0. The van der Waals surface area contributed by atoms with Crippen molar-refractivity contribution in [2.45, 2.75) is 40.5 Å². The standard InChI is InChI=1S/C12H18O2S/c1-5-9-10(6-7(2)3)8(4)15-11(9)12(13)14/h7H,5-6H2,1-4H3,(H,13,14). The first-order valence-electron chi connectivity index (χ1n) is 5.31. The van der Waals surface area contributed by atoms with Crippen LogP contribution in [0.5, 0.6) is 0 Å². The van der Waals surface area contributed by atoms with E-state index >= 15 is 0 Å². The number of hydrogen-bond donors (Lipinski definition) is 1. The summed E-state index contributed by atoms with van der Waals surface area (Å²) in [6, 6.07) is 0. The smallest absolute Gasteiger partial charge is 0.346 e. The van der Waals surface area contributed by atoms with Gasteiger partial charge in [-0.15, -0.1) is 11.3 Å². The first kappa shape index (κ1) is 12.2. The highest BCUT2D eigenvalue weighted by molar-refractivity contribution is 7.14. The molecule has 2 nitrogen and oxygen atoms in total. The summed E-state index contributed by atoms with van der Waals surface area (Å²) in [4.78, 5) is 12.7. The van der Waals surface area contributed by atoms with Crippen LogP contribution in [0.25, 0.3) is 0 Å². The molecule has 0 saturated carbocycles. The second-order valence-corrected chi connectivity index (χ2v) is 5.43. The third kappa shape index (κ3) is 2.59. The average Bonchev–Trinajstić information content (AvgIpc) is 2.43. The van der Waals surface area contributed by atoms with Gasteiger partial charge in [0.25, 0.3) is 0 Å². The van der Waals surface area contributed by atoms with Crippen LogP contribution in [0.1, 0.15) is 46.4 Å². The van der Waals surface area contributed by atoms with Crippen LogP contribution in [0, 0.1) is 12.8 Å². The lowest BCUT2D eigenvalue weighted by Gasteiger charge is -2.07. The molecular formula is C12H18O2S. The van der Waals surface area contributed by atoms with Crippen LogP contribution in [0.4, 0.5) is 0 Å². The maximum Gasteiger partial charge on any atom is 0.346 e. The van der Waals surface area contributed by atoms with Crippen LogP contribution in [-0.4, -0.2) is 11.1 Å². The van der Waals surface area contributed by atoms with Crippen LogP contribution in [0.2, 0.25) is 0 Å². The van der Waals surface area contributed by atoms with Crippen molar-refractivity contribution in [1.82, 2.24) is 0 Å². The molecule has 0 bridgehead atoms. The number of rotatable bonds is 4. The number of thiophene rings is 1. The Balaban J connectivity index is 3.19. The van der Waals surface area contributed by atoms with Gasteiger partial charge in [-0.05, 0) is 36.8 Å². The lowest BCUT2D eigenvalue weighted by atomic mass is 9.97. The van der Waals surface area contributed by atoms with E-state index in [4.69, 9.17) is 5.11 Å². The van der Waals surface area contributed by atoms with Crippen molar-refractivity contribution < 1.29 is 9.90 Å². The van der Waals surface area contributed by atoms with E-state index in [1.54, 1.807) is 0 Å². The van der Waals surface area contributed by atoms with E-state index in [1.165, 1.54) is 16.9 Å². The van der Waals surface area contributed by atoms with E-state index in [0.717, 1.165) is 23.3 Å². The maximum atomic E-state index is 11.0. The SMILES string of the molecule is CCc1c(C(=O)O)sc(C)c1CC(C)C. The van der Waals surface area contributed by atoms with Crippen LogP contribution < -0.4 is 0 Å². The molecule has 0 spiro atoms. The largest absolute Gasteiger partial charge is 0.477 e. The van der Waals surface area contributed by atoms with E-state index in [1.807, 2.05) is 13.8 Å². The molecule has 0 radical (unpaired) electrons. The highest BCUT2D eigenvalue weighted by atomic mass is 32.1. The van der Waals surface area contributed by atoms with Crippen LogP contribution in [0.3, 0.4) is 0 Å². The molecule has 0 atom stereocenters. The van der Waals surface area contributed by atoms with Crippen molar-refractivity contribution >= 4 is 17.3 Å². The third-order valence-electron chi connectivity index (χ3n) is 2.48. The van der Waals surface area contributed by atoms with Gasteiger partial charge in [0, 0.05) is 4.88 Å². The molecule has 0 aliphatic carbocycles. The van der Waals surface area contributed by atoms with Crippen molar-refractivity contribution in [2.75, 3.05) is 0 Å². The zero-order chi connectivity index (χ0) is 11.6. The first-order chi connectivity index (χ1) is 6.97. The van der Waals surface area contributed by atoms with E-state index in [9.17, 15) is 4.79 Å². The molecule has 0 aliphatic rings. The maximum absolute atomic E-state index is 11.0. The van der Waals surface area contributed by atoms with Gasteiger partial charge < -0.3 is 5.11 Å². The monoisotopic (exact) mass is 226 g/mol. The van der Waals surface area contributed by atoms with Crippen molar-refractivity contribution in [2.24, 2.45) is 5.92 Å². The Morgan fingerprint density at radius 2 is 2.00 bits per heavy atom. The van der Waals surface area contributed by atoms with Crippen LogP contribution in [0.15, 0.2) is 0 Å². The van der Waals surface area contributed by atoms with Gasteiger partial charge in [-0.2, -0.15) is 0 Å². The van der Waals surface area contributed by atoms with E-state index < -0.39 is 5.97 Å². The molecule has 84 valence electrons. The summed E-state index contributed by atoms with van der Waals surface area (Å²) in [6.07, 6.45) is 1.80. The molecule has 0 fully saturated rings. The molecule has 1 N–H and O–H groups in total. The second kappa shape index (κ2) is 4.79. The number of carbonyl (C=O) groups is 1. The molecule has 1 heterocycles. The minimum absolute atomic E-state index is 0.533. The molecule has 1 aromatic heterocycles. The number of aryl methyl sites for hydroxylation is 1. The summed E-state index contributed by atoms with van der Waals surface area (Å²) < 4.78 is 0.